The third-order valence-electron chi connectivity index (χ3n) is 4.86. The molecule has 3 fully saturated rings. The standard InChI is InChI=1S/C17H25N5O2/c1-13(2)5-8-22-15-4-3-14(17(22)24)9-20(10-15)16(23)6-7-21-12-18-11-19-21/h5,11-12,14-15H,3-4,6-10H2,1-2H3/t14-,15+/m0/s1. The number of hydrogen-bond donors (Lipinski definition) is 0. The zero-order chi connectivity index (χ0) is 17.1. The molecule has 130 valence electrons. The van der Waals surface area contributed by atoms with Gasteiger partial charge in [-0.1, -0.05) is 11.6 Å². The summed E-state index contributed by atoms with van der Waals surface area (Å²) in [5.74, 6) is 0.249. The molecule has 3 aliphatic heterocycles. The third kappa shape index (κ3) is 3.66. The molecule has 0 aromatic carbocycles. The van der Waals surface area contributed by atoms with Gasteiger partial charge in [0.25, 0.3) is 0 Å². The lowest BCUT2D eigenvalue weighted by Crippen LogP contribution is -2.48. The van der Waals surface area contributed by atoms with Crippen molar-refractivity contribution in [2.75, 3.05) is 19.6 Å². The summed E-state index contributed by atoms with van der Waals surface area (Å²) in [6, 6.07) is 0.141. The Kier molecular flexibility index (Phi) is 4.97. The number of aryl methyl sites for hydroxylation is 1. The van der Waals surface area contributed by atoms with Gasteiger partial charge in [-0.2, -0.15) is 5.10 Å². The Bertz CT molecular complexity index is 621. The van der Waals surface area contributed by atoms with Crippen molar-refractivity contribution in [3.63, 3.8) is 0 Å². The summed E-state index contributed by atoms with van der Waals surface area (Å²) < 4.78 is 1.66. The van der Waals surface area contributed by atoms with Crippen LogP contribution < -0.4 is 0 Å². The summed E-state index contributed by atoms with van der Waals surface area (Å²) in [6.45, 7) is 6.47. The molecule has 4 rings (SSSR count). The second-order valence-electron chi connectivity index (χ2n) is 6.91. The fourth-order valence-corrected chi connectivity index (χ4v) is 3.48. The first-order chi connectivity index (χ1) is 11.5. The molecule has 0 unspecified atom stereocenters. The second-order valence-corrected chi connectivity index (χ2v) is 6.91. The Labute approximate surface area is 142 Å². The highest BCUT2D eigenvalue weighted by Crippen LogP contribution is 2.29. The van der Waals surface area contributed by atoms with E-state index in [2.05, 4.69) is 16.2 Å². The summed E-state index contributed by atoms with van der Waals surface area (Å²) >= 11 is 0. The van der Waals surface area contributed by atoms with Gasteiger partial charge in [0, 0.05) is 32.1 Å². The van der Waals surface area contributed by atoms with Crippen molar-refractivity contribution < 1.29 is 9.59 Å². The predicted octanol–water partition coefficient (Wildman–Crippen LogP) is 1.08. The van der Waals surface area contributed by atoms with Crippen LogP contribution in [-0.2, 0) is 16.1 Å². The molecule has 4 heterocycles. The number of nitrogens with zero attached hydrogens (tertiary/aromatic N) is 5. The second kappa shape index (κ2) is 7.15. The predicted molar refractivity (Wildman–Crippen MR) is 88.9 cm³/mol. The number of amides is 2. The maximum absolute atomic E-state index is 12.7. The molecule has 2 atom stereocenters. The minimum absolute atomic E-state index is 0.0513. The van der Waals surface area contributed by atoms with Gasteiger partial charge >= 0.3 is 0 Å². The molecule has 0 spiro atoms. The number of piperidine rings is 1. The Morgan fingerprint density at radius 3 is 2.88 bits per heavy atom. The third-order valence-corrected chi connectivity index (χ3v) is 4.86. The van der Waals surface area contributed by atoms with E-state index in [9.17, 15) is 9.59 Å². The van der Waals surface area contributed by atoms with E-state index in [0.717, 1.165) is 12.8 Å². The van der Waals surface area contributed by atoms with Crippen molar-refractivity contribution in [2.45, 2.75) is 45.7 Å². The van der Waals surface area contributed by atoms with E-state index in [1.54, 1.807) is 11.0 Å². The SMILES string of the molecule is CC(C)=CCN1C(=O)[C@H]2CC[C@@H]1CN(C(=O)CCn1cncn1)C2. The minimum Gasteiger partial charge on any atom is -0.340 e. The van der Waals surface area contributed by atoms with Gasteiger partial charge < -0.3 is 9.80 Å². The van der Waals surface area contributed by atoms with Gasteiger partial charge in [0.1, 0.15) is 12.7 Å². The summed E-state index contributed by atoms with van der Waals surface area (Å²) in [5.41, 5.74) is 1.21. The Morgan fingerprint density at radius 1 is 1.33 bits per heavy atom. The number of carbonyl (C=O) groups is 2. The highest BCUT2D eigenvalue weighted by Gasteiger charge is 2.41. The first-order valence-electron chi connectivity index (χ1n) is 8.58. The van der Waals surface area contributed by atoms with Crippen molar-refractivity contribution in [1.29, 1.82) is 0 Å². The minimum atomic E-state index is -0.0513. The van der Waals surface area contributed by atoms with Crippen LogP contribution in [0.5, 0.6) is 0 Å². The molecule has 7 nitrogen and oxygen atoms in total. The molecule has 0 aliphatic carbocycles. The van der Waals surface area contributed by atoms with Crippen LogP contribution in [0.25, 0.3) is 0 Å². The molecule has 2 amide bonds. The van der Waals surface area contributed by atoms with E-state index in [4.69, 9.17) is 0 Å². The number of allylic oxidation sites excluding steroid dienone is 1. The van der Waals surface area contributed by atoms with Gasteiger partial charge in [-0.25, -0.2) is 4.98 Å². The van der Waals surface area contributed by atoms with Gasteiger partial charge in [-0.3, -0.25) is 14.3 Å². The van der Waals surface area contributed by atoms with Gasteiger partial charge in [-0.05, 0) is 26.7 Å². The monoisotopic (exact) mass is 331 g/mol. The van der Waals surface area contributed by atoms with Crippen LogP contribution in [0.4, 0.5) is 0 Å². The van der Waals surface area contributed by atoms with E-state index >= 15 is 0 Å². The molecule has 24 heavy (non-hydrogen) atoms. The van der Waals surface area contributed by atoms with Crippen LogP contribution in [0.15, 0.2) is 24.3 Å². The van der Waals surface area contributed by atoms with Crippen molar-refractivity contribution in [3.8, 4) is 0 Å². The summed E-state index contributed by atoms with van der Waals surface area (Å²) in [5, 5.41) is 4.03. The average molecular weight is 331 g/mol. The smallest absolute Gasteiger partial charge is 0.228 e. The number of rotatable bonds is 5. The highest BCUT2D eigenvalue weighted by molar-refractivity contribution is 5.83. The van der Waals surface area contributed by atoms with Crippen LogP contribution in [0.1, 0.15) is 33.1 Å². The van der Waals surface area contributed by atoms with E-state index < -0.39 is 0 Å². The number of fused-ring (bicyclic) bond motifs is 4. The van der Waals surface area contributed by atoms with Crippen LogP contribution >= 0.6 is 0 Å². The zero-order valence-electron chi connectivity index (χ0n) is 14.4. The first kappa shape index (κ1) is 16.7. The molecular weight excluding hydrogens is 306 g/mol. The highest BCUT2D eigenvalue weighted by atomic mass is 16.2. The number of carbonyl (C=O) groups excluding carboxylic acids is 2. The molecule has 0 radical (unpaired) electrons. The molecule has 1 aromatic heterocycles. The summed E-state index contributed by atoms with van der Waals surface area (Å²) in [6.07, 6.45) is 7.45. The number of aromatic nitrogens is 3. The van der Waals surface area contributed by atoms with Crippen LogP contribution in [0.3, 0.4) is 0 Å². The van der Waals surface area contributed by atoms with Crippen LogP contribution in [0.2, 0.25) is 0 Å². The van der Waals surface area contributed by atoms with E-state index in [1.165, 1.54) is 11.9 Å². The number of hydrogen-bond acceptors (Lipinski definition) is 4. The maximum atomic E-state index is 12.7. The lowest BCUT2D eigenvalue weighted by molar-refractivity contribution is -0.139. The summed E-state index contributed by atoms with van der Waals surface area (Å²) in [7, 11) is 0. The molecular formula is C17H25N5O2. The van der Waals surface area contributed by atoms with Crippen molar-refractivity contribution in [3.05, 3.63) is 24.3 Å². The van der Waals surface area contributed by atoms with Gasteiger partial charge in [0.05, 0.1) is 12.5 Å². The van der Waals surface area contributed by atoms with Gasteiger partial charge in [0.15, 0.2) is 0 Å². The quantitative estimate of drug-likeness (QED) is 0.757. The molecule has 3 aliphatic rings. The van der Waals surface area contributed by atoms with Gasteiger partial charge in [-0.15, -0.1) is 0 Å². The first-order valence-corrected chi connectivity index (χ1v) is 8.58. The van der Waals surface area contributed by atoms with Crippen molar-refractivity contribution in [2.24, 2.45) is 5.92 Å². The van der Waals surface area contributed by atoms with Crippen LogP contribution in [-0.4, -0.2) is 62.1 Å². The lowest BCUT2D eigenvalue weighted by atomic mass is 9.94. The Hall–Kier alpha value is -2.18. The molecule has 3 saturated heterocycles. The average Bonchev–Trinajstić information content (AvgIpc) is 2.92. The maximum Gasteiger partial charge on any atom is 0.228 e. The Balaban J connectivity index is 1.64. The summed E-state index contributed by atoms with van der Waals surface area (Å²) in [4.78, 5) is 33.0. The largest absolute Gasteiger partial charge is 0.340 e. The van der Waals surface area contributed by atoms with E-state index in [-0.39, 0.29) is 23.8 Å². The molecule has 0 N–H and O–H groups in total. The van der Waals surface area contributed by atoms with Gasteiger partial charge in [0.2, 0.25) is 11.8 Å². The fourth-order valence-electron chi connectivity index (χ4n) is 3.48. The van der Waals surface area contributed by atoms with Crippen LogP contribution in [0, 0.1) is 5.92 Å². The molecule has 7 heteroatoms. The zero-order valence-corrected chi connectivity index (χ0v) is 14.4. The van der Waals surface area contributed by atoms with Crippen molar-refractivity contribution >= 4 is 11.8 Å². The Morgan fingerprint density at radius 2 is 2.17 bits per heavy atom. The lowest BCUT2D eigenvalue weighted by Gasteiger charge is -2.35. The topological polar surface area (TPSA) is 71.3 Å². The normalized spacial score (nSPS) is 23.3. The molecule has 0 saturated carbocycles. The van der Waals surface area contributed by atoms with Crippen molar-refractivity contribution in [1.82, 2.24) is 24.6 Å². The van der Waals surface area contributed by atoms with E-state index in [1.807, 2.05) is 23.6 Å². The molecule has 1 aromatic rings. The molecule has 2 bridgehead atoms. The van der Waals surface area contributed by atoms with E-state index in [0.29, 0.717) is 32.6 Å². The fraction of sp³-hybridized carbons (Fsp3) is 0.647.